The van der Waals surface area contributed by atoms with Gasteiger partial charge in [-0.15, -0.1) is 11.3 Å². The number of carbonyl (C=O) groups excluding carboxylic acids is 1. The molecule has 0 radical (unpaired) electrons. The van der Waals surface area contributed by atoms with Crippen molar-refractivity contribution in [2.75, 3.05) is 5.32 Å². The summed E-state index contributed by atoms with van der Waals surface area (Å²) in [6, 6.07) is 8.89. The molecule has 0 bridgehead atoms. The van der Waals surface area contributed by atoms with E-state index >= 15 is 0 Å². The lowest BCUT2D eigenvalue weighted by Crippen LogP contribution is -2.22. The number of thiophene rings is 1. The molecule has 132 valence electrons. The fourth-order valence-electron chi connectivity index (χ4n) is 2.49. The fraction of sp³-hybridized carbons (Fsp3) is 0.263. The van der Waals surface area contributed by atoms with Gasteiger partial charge in [-0.25, -0.2) is 9.97 Å². The number of rotatable bonds is 4. The number of amides is 1. The molecule has 7 heteroatoms. The Morgan fingerprint density at radius 2 is 1.92 bits per heavy atom. The van der Waals surface area contributed by atoms with Gasteiger partial charge in [0.25, 0.3) is 0 Å². The van der Waals surface area contributed by atoms with Crippen LogP contribution in [0.5, 0.6) is 0 Å². The highest BCUT2D eigenvalue weighted by atomic mass is 32.2. The smallest absolute Gasteiger partial charge is 0.237 e. The van der Waals surface area contributed by atoms with Crippen molar-refractivity contribution in [1.29, 1.82) is 5.26 Å². The first-order chi connectivity index (χ1) is 12.4. The Morgan fingerprint density at radius 1 is 1.23 bits per heavy atom. The van der Waals surface area contributed by atoms with E-state index in [-0.39, 0.29) is 11.2 Å². The summed E-state index contributed by atoms with van der Waals surface area (Å²) < 4.78 is 0. The van der Waals surface area contributed by atoms with Crippen LogP contribution in [0.2, 0.25) is 0 Å². The highest BCUT2D eigenvalue weighted by Gasteiger charge is 2.20. The van der Waals surface area contributed by atoms with Gasteiger partial charge in [0.15, 0.2) is 0 Å². The highest BCUT2D eigenvalue weighted by Crippen LogP contribution is 2.36. The van der Waals surface area contributed by atoms with Gasteiger partial charge in [-0.2, -0.15) is 5.26 Å². The molecule has 0 aliphatic rings. The molecule has 1 N–H and O–H groups in total. The van der Waals surface area contributed by atoms with Gasteiger partial charge in [0.1, 0.15) is 15.7 Å². The summed E-state index contributed by atoms with van der Waals surface area (Å²) in [5.41, 5.74) is 2.41. The zero-order valence-electron chi connectivity index (χ0n) is 15.0. The number of anilines is 1. The van der Waals surface area contributed by atoms with Crippen LogP contribution >= 0.6 is 23.1 Å². The Balaban J connectivity index is 1.80. The van der Waals surface area contributed by atoms with E-state index in [0.29, 0.717) is 17.1 Å². The minimum Gasteiger partial charge on any atom is -0.325 e. The topological polar surface area (TPSA) is 78.7 Å². The molecular weight excluding hydrogens is 364 g/mol. The van der Waals surface area contributed by atoms with Crippen LogP contribution < -0.4 is 5.32 Å². The van der Waals surface area contributed by atoms with E-state index in [1.54, 1.807) is 35.6 Å². The van der Waals surface area contributed by atoms with Crippen molar-refractivity contribution in [2.24, 2.45) is 0 Å². The van der Waals surface area contributed by atoms with Crippen LogP contribution in [0.3, 0.4) is 0 Å². The third-order valence-electron chi connectivity index (χ3n) is 4.05. The van der Waals surface area contributed by atoms with Crippen LogP contribution in [0.25, 0.3) is 10.2 Å². The van der Waals surface area contributed by atoms with Crippen molar-refractivity contribution in [3.05, 3.63) is 46.1 Å². The molecule has 1 atom stereocenters. The Labute approximate surface area is 160 Å². The third-order valence-corrected chi connectivity index (χ3v) is 6.23. The lowest BCUT2D eigenvalue weighted by atomic mass is 10.2. The van der Waals surface area contributed by atoms with Gasteiger partial charge >= 0.3 is 0 Å². The predicted octanol–water partition coefficient (Wildman–Crippen LogP) is 4.61. The maximum Gasteiger partial charge on any atom is 0.237 e. The first-order valence-corrected chi connectivity index (χ1v) is 9.80. The first kappa shape index (κ1) is 18.4. The Bertz CT molecular complexity index is 1020. The molecule has 0 fully saturated rings. The Kier molecular flexibility index (Phi) is 5.25. The largest absolute Gasteiger partial charge is 0.325 e. The molecule has 2 aromatic heterocycles. The van der Waals surface area contributed by atoms with Crippen molar-refractivity contribution in [2.45, 2.75) is 38.0 Å². The van der Waals surface area contributed by atoms with Gasteiger partial charge in [-0.3, -0.25) is 4.79 Å². The molecule has 3 aromatic rings. The highest BCUT2D eigenvalue weighted by molar-refractivity contribution is 8.00. The molecule has 0 unspecified atom stereocenters. The van der Waals surface area contributed by atoms with Crippen LogP contribution in [0.1, 0.15) is 28.8 Å². The summed E-state index contributed by atoms with van der Waals surface area (Å²) in [5, 5.41) is 13.3. The van der Waals surface area contributed by atoms with Crippen molar-refractivity contribution in [3.8, 4) is 6.07 Å². The quantitative estimate of drug-likeness (QED) is 0.527. The molecular formula is C19H18N4OS2. The SMILES string of the molecule is Cc1nc(S[C@H](C)C(=O)Nc2ccc(C#N)cc2)c2c(C)c(C)sc2n1. The summed E-state index contributed by atoms with van der Waals surface area (Å²) in [7, 11) is 0. The number of hydrogen-bond donors (Lipinski definition) is 1. The minimum absolute atomic E-state index is 0.103. The number of aryl methyl sites for hydroxylation is 3. The molecule has 2 heterocycles. The summed E-state index contributed by atoms with van der Waals surface area (Å²) in [6.45, 7) is 7.88. The van der Waals surface area contributed by atoms with Crippen LogP contribution in [-0.4, -0.2) is 21.1 Å². The average Bonchev–Trinajstić information content (AvgIpc) is 2.89. The maximum atomic E-state index is 12.5. The number of carbonyl (C=O) groups is 1. The van der Waals surface area contributed by atoms with Crippen LogP contribution in [-0.2, 0) is 4.79 Å². The van der Waals surface area contributed by atoms with Crippen LogP contribution in [0.4, 0.5) is 5.69 Å². The molecule has 0 saturated carbocycles. The van der Waals surface area contributed by atoms with Crippen molar-refractivity contribution in [3.63, 3.8) is 0 Å². The number of nitriles is 1. The van der Waals surface area contributed by atoms with Gasteiger partial charge in [0, 0.05) is 16.0 Å². The monoisotopic (exact) mass is 382 g/mol. The van der Waals surface area contributed by atoms with E-state index in [4.69, 9.17) is 5.26 Å². The number of nitrogens with zero attached hydrogens (tertiary/aromatic N) is 3. The standard InChI is InChI=1S/C19H18N4OS2/c1-10-11(2)25-18-16(10)19(22-13(4)21-18)26-12(3)17(24)23-15-7-5-14(9-20)6-8-15/h5-8,12H,1-4H3,(H,23,24)/t12-/m1/s1. The average molecular weight is 383 g/mol. The van der Waals surface area contributed by atoms with E-state index in [1.165, 1.54) is 22.2 Å². The van der Waals surface area contributed by atoms with Gasteiger partial charge in [-0.1, -0.05) is 11.8 Å². The molecule has 3 rings (SSSR count). The lowest BCUT2D eigenvalue weighted by molar-refractivity contribution is -0.115. The zero-order chi connectivity index (χ0) is 18.8. The van der Waals surface area contributed by atoms with E-state index in [1.807, 2.05) is 13.8 Å². The predicted molar refractivity (Wildman–Crippen MR) is 107 cm³/mol. The summed E-state index contributed by atoms with van der Waals surface area (Å²) in [5.74, 6) is 0.606. The summed E-state index contributed by atoms with van der Waals surface area (Å²) in [6.07, 6.45) is 0. The number of thioether (sulfide) groups is 1. The van der Waals surface area contributed by atoms with E-state index in [2.05, 4.69) is 35.2 Å². The molecule has 26 heavy (non-hydrogen) atoms. The van der Waals surface area contributed by atoms with Crippen molar-refractivity contribution >= 4 is 44.9 Å². The van der Waals surface area contributed by atoms with Crippen LogP contribution in [0.15, 0.2) is 29.3 Å². The minimum atomic E-state index is -0.317. The van der Waals surface area contributed by atoms with Gasteiger partial charge in [0.05, 0.1) is 16.9 Å². The number of nitrogens with one attached hydrogen (secondary N) is 1. The fourth-order valence-corrected chi connectivity index (χ4v) is 4.69. The van der Waals surface area contributed by atoms with Gasteiger partial charge in [-0.05, 0) is 57.5 Å². The normalized spacial score (nSPS) is 12.0. The van der Waals surface area contributed by atoms with E-state index < -0.39 is 0 Å². The van der Waals surface area contributed by atoms with Crippen LogP contribution in [0, 0.1) is 32.1 Å². The number of aromatic nitrogens is 2. The van der Waals surface area contributed by atoms with Gasteiger partial charge in [0.2, 0.25) is 5.91 Å². The van der Waals surface area contributed by atoms with E-state index in [0.717, 1.165) is 15.2 Å². The molecule has 0 aliphatic carbocycles. The molecule has 5 nitrogen and oxygen atoms in total. The van der Waals surface area contributed by atoms with Crippen molar-refractivity contribution in [1.82, 2.24) is 9.97 Å². The molecule has 0 aliphatic heterocycles. The summed E-state index contributed by atoms with van der Waals surface area (Å²) >= 11 is 3.10. The molecule has 1 amide bonds. The summed E-state index contributed by atoms with van der Waals surface area (Å²) in [4.78, 5) is 23.8. The molecule has 0 saturated heterocycles. The first-order valence-electron chi connectivity index (χ1n) is 8.11. The lowest BCUT2D eigenvalue weighted by Gasteiger charge is -2.13. The zero-order valence-corrected chi connectivity index (χ0v) is 16.6. The second-order valence-corrected chi connectivity index (χ2v) is 8.51. The Morgan fingerprint density at radius 3 is 2.58 bits per heavy atom. The molecule has 0 spiro atoms. The second kappa shape index (κ2) is 7.44. The van der Waals surface area contributed by atoms with E-state index in [9.17, 15) is 4.79 Å². The molecule has 1 aromatic carbocycles. The second-order valence-electron chi connectivity index (χ2n) is 5.98. The maximum absolute atomic E-state index is 12.5. The van der Waals surface area contributed by atoms with Gasteiger partial charge < -0.3 is 5.32 Å². The third kappa shape index (κ3) is 3.71. The number of benzene rings is 1. The Hall–Kier alpha value is -2.43. The number of hydrogen-bond acceptors (Lipinski definition) is 6. The van der Waals surface area contributed by atoms with Crippen molar-refractivity contribution < 1.29 is 4.79 Å². The number of fused-ring (bicyclic) bond motifs is 1.